The molecule has 1 saturated carbocycles. The van der Waals surface area contributed by atoms with Crippen LogP contribution >= 0.6 is 0 Å². The van der Waals surface area contributed by atoms with Crippen molar-refractivity contribution in [2.45, 2.75) is 32.6 Å². The van der Waals surface area contributed by atoms with Gasteiger partial charge in [-0.05, 0) is 32.8 Å². The van der Waals surface area contributed by atoms with Crippen LogP contribution in [-0.4, -0.2) is 36.1 Å². The Morgan fingerprint density at radius 1 is 1.25 bits per heavy atom. The van der Waals surface area contributed by atoms with Gasteiger partial charge < -0.3 is 5.32 Å². The lowest BCUT2D eigenvalue weighted by Gasteiger charge is -1.98. The minimum atomic E-state index is -0.262. The quantitative estimate of drug-likeness (QED) is 0.684. The first kappa shape index (κ1) is 14.7. The summed E-state index contributed by atoms with van der Waals surface area (Å²) < 4.78 is 1.81. The molecule has 0 aromatic carbocycles. The van der Waals surface area contributed by atoms with Gasteiger partial charge in [-0.25, -0.2) is 0 Å². The summed E-state index contributed by atoms with van der Waals surface area (Å²) in [4.78, 5) is 12.4. The third-order valence-electron chi connectivity index (χ3n) is 4.44. The number of anilines is 1. The third-order valence-corrected chi connectivity index (χ3v) is 4.44. The molecular formula is C16H19N7O. The van der Waals surface area contributed by atoms with Crippen molar-refractivity contribution < 1.29 is 4.79 Å². The van der Waals surface area contributed by atoms with Gasteiger partial charge in [-0.1, -0.05) is 0 Å². The van der Waals surface area contributed by atoms with Gasteiger partial charge in [0, 0.05) is 36.0 Å². The second-order valence-electron chi connectivity index (χ2n) is 6.27. The van der Waals surface area contributed by atoms with Gasteiger partial charge in [-0.3, -0.25) is 19.7 Å². The Balaban J connectivity index is 1.54. The smallest absolute Gasteiger partial charge is 0.274 e. The van der Waals surface area contributed by atoms with Crippen molar-refractivity contribution >= 4 is 11.7 Å². The number of nitrogens with zero attached hydrogens (tertiary/aromatic N) is 4. The van der Waals surface area contributed by atoms with Crippen molar-refractivity contribution in [2.75, 3.05) is 5.32 Å². The highest BCUT2D eigenvalue weighted by atomic mass is 16.2. The van der Waals surface area contributed by atoms with Crippen LogP contribution in [0, 0.1) is 13.8 Å². The summed E-state index contributed by atoms with van der Waals surface area (Å²) in [5, 5.41) is 21.3. The number of carbonyl (C=O) groups excluding carboxylic acids is 1. The monoisotopic (exact) mass is 325 g/mol. The highest BCUT2D eigenvalue weighted by molar-refractivity contribution is 6.03. The first-order chi connectivity index (χ1) is 11.5. The van der Waals surface area contributed by atoms with E-state index in [1.165, 1.54) is 12.8 Å². The van der Waals surface area contributed by atoms with E-state index in [9.17, 15) is 4.79 Å². The van der Waals surface area contributed by atoms with Gasteiger partial charge in [0.1, 0.15) is 5.69 Å². The molecule has 0 unspecified atom stereocenters. The predicted molar refractivity (Wildman–Crippen MR) is 88.8 cm³/mol. The summed E-state index contributed by atoms with van der Waals surface area (Å²) in [6.45, 7) is 3.91. The van der Waals surface area contributed by atoms with Crippen molar-refractivity contribution in [3.8, 4) is 11.3 Å². The van der Waals surface area contributed by atoms with E-state index < -0.39 is 0 Å². The molecule has 3 aromatic heterocycles. The molecule has 8 nitrogen and oxygen atoms in total. The Morgan fingerprint density at radius 3 is 2.71 bits per heavy atom. The number of aromatic nitrogens is 6. The van der Waals surface area contributed by atoms with E-state index in [1.807, 2.05) is 31.6 Å². The molecule has 1 aliphatic carbocycles. The summed E-state index contributed by atoms with van der Waals surface area (Å²) in [5.41, 5.74) is 5.02. The number of aryl methyl sites for hydroxylation is 2. The van der Waals surface area contributed by atoms with Crippen LogP contribution in [0.4, 0.5) is 5.82 Å². The molecule has 124 valence electrons. The fourth-order valence-corrected chi connectivity index (χ4v) is 2.90. The molecule has 4 rings (SSSR count). The molecule has 3 heterocycles. The average molecular weight is 325 g/mol. The topological polar surface area (TPSA) is 104 Å². The van der Waals surface area contributed by atoms with Gasteiger partial charge in [0.15, 0.2) is 5.82 Å². The highest BCUT2D eigenvalue weighted by Crippen LogP contribution is 2.39. The Kier molecular flexibility index (Phi) is 3.26. The fraction of sp³-hybridized carbons (Fsp3) is 0.375. The van der Waals surface area contributed by atoms with Crippen molar-refractivity contribution in [3.05, 3.63) is 34.9 Å². The van der Waals surface area contributed by atoms with Crippen molar-refractivity contribution in [3.63, 3.8) is 0 Å². The first-order valence-corrected chi connectivity index (χ1v) is 7.95. The Labute approximate surface area is 138 Å². The molecule has 1 amide bonds. The molecule has 0 spiro atoms. The molecule has 0 atom stereocenters. The molecule has 3 N–H and O–H groups in total. The Morgan fingerprint density at radius 2 is 2.04 bits per heavy atom. The van der Waals surface area contributed by atoms with E-state index in [0.29, 0.717) is 23.1 Å². The van der Waals surface area contributed by atoms with Crippen LogP contribution in [0.15, 0.2) is 12.1 Å². The number of hydrogen-bond acceptors (Lipinski definition) is 4. The number of hydrogen-bond donors (Lipinski definition) is 3. The van der Waals surface area contributed by atoms with Crippen LogP contribution in [-0.2, 0) is 7.05 Å². The molecule has 1 fully saturated rings. The normalized spacial score (nSPS) is 14.1. The zero-order valence-electron chi connectivity index (χ0n) is 13.8. The number of amides is 1. The number of carbonyl (C=O) groups is 1. The minimum absolute atomic E-state index is 0.262. The van der Waals surface area contributed by atoms with Crippen LogP contribution in [0.1, 0.15) is 46.3 Å². The van der Waals surface area contributed by atoms with Gasteiger partial charge >= 0.3 is 0 Å². The van der Waals surface area contributed by atoms with E-state index in [-0.39, 0.29) is 5.91 Å². The standard InChI is InChI=1S/C16H19N7O/c1-8-15(9(2)23(3)22-8)12-6-13(20-19-12)16(24)17-14-7-11(18-21-14)10-4-5-10/h6-7,10H,4-5H2,1-3H3,(H,19,20)(H2,17,18,21,24). The van der Waals surface area contributed by atoms with Crippen LogP contribution in [0.25, 0.3) is 11.3 Å². The van der Waals surface area contributed by atoms with Crippen LogP contribution in [0.5, 0.6) is 0 Å². The van der Waals surface area contributed by atoms with Crippen molar-refractivity contribution in [1.29, 1.82) is 0 Å². The maximum Gasteiger partial charge on any atom is 0.274 e. The summed E-state index contributed by atoms with van der Waals surface area (Å²) in [6, 6.07) is 3.63. The average Bonchev–Trinajstić information content (AvgIpc) is 2.99. The molecule has 0 bridgehead atoms. The van der Waals surface area contributed by atoms with E-state index in [2.05, 4.69) is 30.8 Å². The third kappa shape index (κ3) is 2.49. The second kappa shape index (κ2) is 5.33. The largest absolute Gasteiger partial charge is 0.304 e. The van der Waals surface area contributed by atoms with E-state index in [0.717, 1.165) is 22.6 Å². The highest BCUT2D eigenvalue weighted by Gasteiger charge is 2.26. The molecule has 8 heteroatoms. The SMILES string of the molecule is Cc1nn(C)c(C)c1-c1cc(C(=O)Nc2cc(C3CC3)[nH]n2)[nH]n1. The summed E-state index contributed by atoms with van der Waals surface area (Å²) >= 11 is 0. The molecule has 1 aliphatic rings. The zero-order valence-corrected chi connectivity index (χ0v) is 13.8. The molecule has 0 aliphatic heterocycles. The Bertz CT molecular complexity index is 913. The first-order valence-electron chi connectivity index (χ1n) is 7.95. The Hall–Kier alpha value is -2.90. The van der Waals surface area contributed by atoms with Crippen LogP contribution < -0.4 is 5.32 Å². The van der Waals surface area contributed by atoms with E-state index in [1.54, 1.807) is 6.07 Å². The van der Waals surface area contributed by atoms with Gasteiger partial charge in [0.05, 0.1) is 11.4 Å². The summed E-state index contributed by atoms with van der Waals surface area (Å²) in [7, 11) is 1.89. The van der Waals surface area contributed by atoms with Crippen LogP contribution in [0.2, 0.25) is 0 Å². The van der Waals surface area contributed by atoms with Crippen LogP contribution in [0.3, 0.4) is 0 Å². The maximum atomic E-state index is 12.4. The maximum absolute atomic E-state index is 12.4. The lowest BCUT2D eigenvalue weighted by molar-refractivity contribution is 0.102. The molecule has 24 heavy (non-hydrogen) atoms. The second-order valence-corrected chi connectivity index (χ2v) is 6.27. The van der Waals surface area contributed by atoms with Crippen molar-refractivity contribution in [2.24, 2.45) is 7.05 Å². The van der Waals surface area contributed by atoms with Gasteiger partial charge in [-0.2, -0.15) is 15.3 Å². The van der Waals surface area contributed by atoms with Crippen molar-refractivity contribution in [1.82, 2.24) is 30.2 Å². The summed E-state index contributed by atoms with van der Waals surface area (Å²) in [6.07, 6.45) is 2.37. The zero-order chi connectivity index (χ0) is 16.8. The van der Waals surface area contributed by atoms with Gasteiger partial charge in [0.2, 0.25) is 0 Å². The number of H-pyrrole nitrogens is 2. The fourth-order valence-electron chi connectivity index (χ4n) is 2.90. The van der Waals surface area contributed by atoms with E-state index in [4.69, 9.17) is 0 Å². The number of aromatic amines is 2. The molecule has 0 saturated heterocycles. The lowest BCUT2D eigenvalue weighted by Crippen LogP contribution is -2.12. The van der Waals surface area contributed by atoms with Gasteiger partial charge in [-0.15, -0.1) is 0 Å². The molecule has 0 radical (unpaired) electrons. The lowest BCUT2D eigenvalue weighted by atomic mass is 10.1. The predicted octanol–water partition coefficient (Wildman–Crippen LogP) is 2.28. The molecule has 3 aromatic rings. The van der Waals surface area contributed by atoms with Gasteiger partial charge in [0.25, 0.3) is 5.91 Å². The molecular weight excluding hydrogens is 306 g/mol. The van der Waals surface area contributed by atoms with E-state index >= 15 is 0 Å². The summed E-state index contributed by atoms with van der Waals surface area (Å²) in [5.74, 6) is 0.840. The number of rotatable bonds is 4. The minimum Gasteiger partial charge on any atom is -0.304 e. The number of nitrogens with one attached hydrogen (secondary N) is 3.